The predicted octanol–water partition coefficient (Wildman–Crippen LogP) is 2.56. The van der Waals surface area contributed by atoms with Gasteiger partial charge in [0.1, 0.15) is 17.2 Å². The van der Waals surface area contributed by atoms with E-state index in [1.165, 1.54) is 22.7 Å². The molecule has 3 rings (SSSR count). The molecule has 2 aromatic carbocycles. The maximum atomic E-state index is 12.9. The number of hydrogen-bond acceptors (Lipinski definition) is 6. The standard InChI is InChI=1S/C19H22N2O5S/c1-2-26-19-8-7-16(27(23,24)21-9-11-25-12-10-21)13-17(19)20-14-15-5-3-4-6-18(15)22/h3-8,13-14,22H,2,9-12H2,1H3. The van der Waals surface area contributed by atoms with Crippen molar-refractivity contribution >= 4 is 21.9 Å². The monoisotopic (exact) mass is 390 g/mol. The van der Waals surface area contributed by atoms with E-state index in [0.717, 1.165) is 0 Å². The van der Waals surface area contributed by atoms with E-state index >= 15 is 0 Å². The number of benzene rings is 2. The van der Waals surface area contributed by atoms with E-state index in [4.69, 9.17) is 9.47 Å². The number of aliphatic imine (C=N–C) groups is 1. The molecule has 1 saturated heterocycles. The molecule has 0 spiro atoms. The third kappa shape index (κ3) is 4.47. The molecule has 0 unspecified atom stereocenters. The molecule has 27 heavy (non-hydrogen) atoms. The molecule has 1 heterocycles. The van der Waals surface area contributed by atoms with Gasteiger partial charge in [-0.1, -0.05) is 12.1 Å². The van der Waals surface area contributed by atoms with Crippen LogP contribution >= 0.6 is 0 Å². The number of aromatic hydroxyl groups is 1. The highest BCUT2D eigenvalue weighted by atomic mass is 32.2. The lowest BCUT2D eigenvalue weighted by Crippen LogP contribution is -2.40. The number of ether oxygens (including phenoxy) is 2. The Kier molecular flexibility index (Phi) is 6.10. The second-order valence-corrected chi connectivity index (χ2v) is 7.83. The number of morpholine rings is 1. The fourth-order valence-corrected chi connectivity index (χ4v) is 4.14. The first-order chi connectivity index (χ1) is 13.0. The van der Waals surface area contributed by atoms with Gasteiger partial charge in [0.2, 0.25) is 10.0 Å². The van der Waals surface area contributed by atoms with Crippen molar-refractivity contribution in [1.82, 2.24) is 4.31 Å². The normalized spacial score (nSPS) is 15.9. The number of para-hydroxylation sites is 1. The minimum atomic E-state index is -3.63. The maximum Gasteiger partial charge on any atom is 0.243 e. The quantitative estimate of drug-likeness (QED) is 0.766. The lowest BCUT2D eigenvalue weighted by molar-refractivity contribution is 0.0730. The molecule has 1 fully saturated rings. The van der Waals surface area contributed by atoms with E-state index in [0.29, 0.717) is 49.9 Å². The van der Waals surface area contributed by atoms with Crippen LogP contribution in [-0.2, 0) is 14.8 Å². The summed E-state index contributed by atoms with van der Waals surface area (Å²) in [6, 6.07) is 11.4. The fourth-order valence-electron chi connectivity index (χ4n) is 2.71. The highest BCUT2D eigenvalue weighted by molar-refractivity contribution is 7.89. The number of phenolic OH excluding ortho intramolecular Hbond substituents is 1. The van der Waals surface area contributed by atoms with E-state index in [1.807, 2.05) is 6.92 Å². The van der Waals surface area contributed by atoms with E-state index < -0.39 is 10.0 Å². The Morgan fingerprint density at radius 3 is 2.67 bits per heavy atom. The van der Waals surface area contributed by atoms with Gasteiger partial charge in [-0.05, 0) is 37.3 Å². The Hall–Kier alpha value is -2.42. The van der Waals surface area contributed by atoms with Crippen LogP contribution < -0.4 is 4.74 Å². The molecule has 1 aliphatic rings. The third-order valence-corrected chi connectivity index (χ3v) is 6.01. The summed E-state index contributed by atoms with van der Waals surface area (Å²) in [4.78, 5) is 4.51. The minimum absolute atomic E-state index is 0.0938. The van der Waals surface area contributed by atoms with Gasteiger partial charge >= 0.3 is 0 Å². The zero-order valence-electron chi connectivity index (χ0n) is 15.0. The molecule has 144 valence electrons. The molecule has 0 atom stereocenters. The molecule has 0 saturated carbocycles. The van der Waals surface area contributed by atoms with Crippen LogP contribution in [0.5, 0.6) is 11.5 Å². The van der Waals surface area contributed by atoms with E-state index in [-0.39, 0.29) is 10.6 Å². The van der Waals surface area contributed by atoms with Crippen LogP contribution in [0.4, 0.5) is 5.69 Å². The van der Waals surface area contributed by atoms with Gasteiger partial charge in [0.25, 0.3) is 0 Å². The van der Waals surface area contributed by atoms with Crippen molar-refractivity contribution in [1.29, 1.82) is 0 Å². The van der Waals surface area contributed by atoms with Crippen LogP contribution in [0.2, 0.25) is 0 Å². The number of sulfonamides is 1. The molecule has 2 aromatic rings. The van der Waals surface area contributed by atoms with Crippen molar-refractivity contribution in [3.63, 3.8) is 0 Å². The van der Waals surface area contributed by atoms with Gasteiger partial charge in [-0.3, -0.25) is 4.99 Å². The zero-order valence-corrected chi connectivity index (χ0v) is 15.9. The van der Waals surface area contributed by atoms with Gasteiger partial charge in [-0.25, -0.2) is 8.42 Å². The summed E-state index contributed by atoms with van der Waals surface area (Å²) in [6.45, 7) is 3.69. The molecule has 0 aliphatic carbocycles. The molecule has 1 aliphatic heterocycles. The second kappa shape index (κ2) is 8.51. The Labute approximate surface area is 158 Å². The number of phenols is 1. The van der Waals surface area contributed by atoms with Crippen LogP contribution in [0, 0.1) is 0 Å². The summed E-state index contributed by atoms with van der Waals surface area (Å²) >= 11 is 0. The summed E-state index contributed by atoms with van der Waals surface area (Å²) in [6.07, 6.45) is 1.48. The van der Waals surface area contributed by atoms with Crippen LogP contribution in [0.1, 0.15) is 12.5 Å². The Morgan fingerprint density at radius 1 is 1.22 bits per heavy atom. The summed E-state index contributed by atoms with van der Waals surface area (Å²) in [5.41, 5.74) is 0.913. The minimum Gasteiger partial charge on any atom is -0.507 e. The molecule has 0 aromatic heterocycles. The lowest BCUT2D eigenvalue weighted by Gasteiger charge is -2.26. The third-order valence-electron chi connectivity index (χ3n) is 4.12. The topological polar surface area (TPSA) is 88.4 Å². The van der Waals surface area contributed by atoms with Crippen molar-refractivity contribution in [3.05, 3.63) is 48.0 Å². The first-order valence-corrected chi connectivity index (χ1v) is 10.1. The maximum absolute atomic E-state index is 12.9. The summed E-state index contributed by atoms with van der Waals surface area (Å²) < 4.78 is 37.9. The Balaban J connectivity index is 1.96. The van der Waals surface area contributed by atoms with Gasteiger partial charge in [-0.15, -0.1) is 0 Å². The fraction of sp³-hybridized carbons (Fsp3) is 0.316. The molecular formula is C19H22N2O5S. The molecule has 1 N–H and O–H groups in total. The van der Waals surface area contributed by atoms with Crippen LogP contribution in [0.3, 0.4) is 0 Å². The van der Waals surface area contributed by atoms with Gasteiger partial charge in [0.15, 0.2) is 0 Å². The van der Waals surface area contributed by atoms with Crippen molar-refractivity contribution < 1.29 is 23.0 Å². The summed E-state index contributed by atoms with van der Waals surface area (Å²) in [5, 5.41) is 9.88. The molecule has 0 amide bonds. The van der Waals surface area contributed by atoms with Gasteiger partial charge < -0.3 is 14.6 Å². The van der Waals surface area contributed by atoms with Crippen molar-refractivity contribution in [2.75, 3.05) is 32.9 Å². The van der Waals surface area contributed by atoms with E-state index in [2.05, 4.69) is 4.99 Å². The van der Waals surface area contributed by atoms with Crippen molar-refractivity contribution in [2.24, 2.45) is 4.99 Å². The van der Waals surface area contributed by atoms with Crippen molar-refractivity contribution in [3.8, 4) is 11.5 Å². The van der Waals surface area contributed by atoms with E-state index in [9.17, 15) is 13.5 Å². The van der Waals surface area contributed by atoms with Gasteiger partial charge in [0, 0.05) is 24.9 Å². The van der Waals surface area contributed by atoms with Gasteiger partial charge in [-0.2, -0.15) is 4.31 Å². The summed E-state index contributed by atoms with van der Waals surface area (Å²) in [5.74, 6) is 0.571. The molecule has 0 bridgehead atoms. The average Bonchev–Trinajstić information content (AvgIpc) is 2.69. The highest BCUT2D eigenvalue weighted by Gasteiger charge is 2.27. The zero-order chi connectivity index (χ0) is 19.3. The van der Waals surface area contributed by atoms with Crippen LogP contribution in [0.15, 0.2) is 52.4 Å². The molecule has 0 radical (unpaired) electrons. The first kappa shape index (κ1) is 19.3. The van der Waals surface area contributed by atoms with Gasteiger partial charge in [0.05, 0.1) is 24.7 Å². The van der Waals surface area contributed by atoms with Crippen molar-refractivity contribution in [2.45, 2.75) is 11.8 Å². The Morgan fingerprint density at radius 2 is 1.96 bits per heavy atom. The number of nitrogens with zero attached hydrogens (tertiary/aromatic N) is 2. The smallest absolute Gasteiger partial charge is 0.243 e. The second-order valence-electron chi connectivity index (χ2n) is 5.90. The molecule has 8 heteroatoms. The number of hydrogen-bond donors (Lipinski definition) is 1. The van der Waals surface area contributed by atoms with Crippen LogP contribution in [-0.4, -0.2) is 57.0 Å². The largest absolute Gasteiger partial charge is 0.507 e. The first-order valence-electron chi connectivity index (χ1n) is 8.69. The summed E-state index contributed by atoms with van der Waals surface area (Å²) in [7, 11) is -3.63. The molecular weight excluding hydrogens is 368 g/mol. The highest BCUT2D eigenvalue weighted by Crippen LogP contribution is 2.32. The Bertz CT molecular complexity index is 921. The number of rotatable bonds is 6. The predicted molar refractivity (Wildman–Crippen MR) is 103 cm³/mol. The lowest BCUT2D eigenvalue weighted by atomic mass is 10.2. The SMILES string of the molecule is CCOc1ccc(S(=O)(=O)N2CCOCC2)cc1N=Cc1ccccc1O. The molecule has 7 nitrogen and oxygen atoms in total. The van der Waals surface area contributed by atoms with E-state index in [1.54, 1.807) is 30.3 Å². The van der Waals surface area contributed by atoms with Crippen LogP contribution in [0.25, 0.3) is 0 Å². The average molecular weight is 390 g/mol.